The molecule has 6 heteroatoms. The Morgan fingerprint density at radius 2 is 1.70 bits per heavy atom. The molecule has 1 unspecified atom stereocenters. The first-order chi connectivity index (χ1) is 9.61. The van der Waals surface area contributed by atoms with E-state index in [0.717, 1.165) is 0 Å². The number of carbonyl (C=O) groups excluding carboxylic acids is 2. The fourth-order valence-electron chi connectivity index (χ4n) is 1.97. The van der Waals surface area contributed by atoms with E-state index < -0.39 is 0 Å². The van der Waals surface area contributed by atoms with Gasteiger partial charge in [-0.3, -0.25) is 14.5 Å². The summed E-state index contributed by atoms with van der Waals surface area (Å²) >= 11 is 5.61. The highest BCUT2D eigenvalue weighted by atomic mass is 35.5. The molecule has 0 N–H and O–H groups in total. The minimum Gasteiger partial charge on any atom is -0.377 e. The van der Waals surface area contributed by atoms with E-state index in [1.807, 2.05) is 0 Å². The summed E-state index contributed by atoms with van der Waals surface area (Å²) in [5.74, 6) is -0.528. The van der Waals surface area contributed by atoms with Crippen molar-refractivity contribution in [1.82, 2.24) is 4.90 Å². The average Bonchev–Trinajstić information content (AvgIpc) is 2.67. The van der Waals surface area contributed by atoms with Gasteiger partial charge in [0.05, 0.1) is 37.5 Å². The molecular formula is C14H16ClNO4. The van der Waals surface area contributed by atoms with Gasteiger partial charge in [0.15, 0.2) is 0 Å². The molecule has 2 rings (SSSR count). The average molecular weight is 298 g/mol. The second-order valence-electron chi connectivity index (χ2n) is 4.33. The number of ether oxygens (including phenoxy) is 2. The van der Waals surface area contributed by atoms with Crippen molar-refractivity contribution in [3.63, 3.8) is 0 Å². The predicted octanol–water partition coefficient (Wildman–Crippen LogP) is 1.90. The second kappa shape index (κ2) is 6.83. The van der Waals surface area contributed by atoms with E-state index in [-0.39, 0.29) is 30.5 Å². The van der Waals surface area contributed by atoms with Gasteiger partial charge in [0.2, 0.25) is 0 Å². The van der Waals surface area contributed by atoms with E-state index in [4.69, 9.17) is 21.1 Å². The van der Waals surface area contributed by atoms with Gasteiger partial charge in [-0.05, 0) is 19.1 Å². The molecule has 0 saturated carbocycles. The van der Waals surface area contributed by atoms with Crippen molar-refractivity contribution in [2.45, 2.75) is 12.5 Å². The van der Waals surface area contributed by atoms with Gasteiger partial charge in [0, 0.05) is 0 Å². The van der Waals surface area contributed by atoms with E-state index in [1.54, 1.807) is 31.2 Å². The number of benzene rings is 1. The van der Waals surface area contributed by atoms with Crippen LogP contribution in [-0.4, -0.2) is 48.6 Å². The number of amides is 2. The maximum Gasteiger partial charge on any atom is 0.261 e. The normalized spacial score (nSPS) is 15.6. The molecule has 5 nitrogen and oxygen atoms in total. The Bertz CT molecular complexity index is 469. The molecule has 1 aliphatic heterocycles. The van der Waals surface area contributed by atoms with Gasteiger partial charge in [0.25, 0.3) is 11.8 Å². The van der Waals surface area contributed by atoms with Crippen LogP contribution in [0.25, 0.3) is 0 Å². The summed E-state index contributed by atoms with van der Waals surface area (Å²) in [6.07, 6.45) is 0. The van der Waals surface area contributed by atoms with Gasteiger partial charge in [-0.1, -0.05) is 23.7 Å². The molecule has 1 atom stereocenters. The van der Waals surface area contributed by atoms with Gasteiger partial charge < -0.3 is 9.47 Å². The van der Waals surface area contributed by atoms with E-state index >= 15 is 0 Å². The summed E-state index contributed by atoms with van der Waals surface area (Å²) in [4.78, 5) is 25.3. The van der Waals surface area contributed by atoms with E-state index in [2.05, 4.69) is 0 Å². The second-order valence-corrected chi connectivity index (χ2v) is 4.95. The fraction of sp³-hybridized carbons (Fsp3) is 0.429. The first-order valence-electron chi connectivity index (χ1n) is 6.40. The number of carbonyl (C=O) groups is 2. The fourth-order valence-corrected chi connectivity index (χ4v) is 2.06. The molecule has 1 aliphatic rings. The molecule has 0 aliphatic carbocycles. The summed E-state index contributed by atoms with van der Waals surface area (Å²) in [5, 5.41) is 0. The van der Waals surface area contributed by atoms with Crippen LogP contribution in [0, 0.1) is 0 Å². The van der Waals surface area contributed by atoms with Crippen molar-refractivity contribution < 1.29 is 19.1 Å². The summed E-state index contributed by atoms with van der Waals surface area (Å²) in [5.41, 5.74) is 0.559. The highest BCUT2D eigenvalue weighted by Crippen LogP contribution is 2.21. The third kappa shape index (κ3) is 3.36. The summed E-state index contributed by atoms with van der Waals surface area (Å²) in [6, 6.07) is 6.81. The zero-order valence-electron chi connectivity index (χ0n) is 11.2. The maximum absolute atomic E-state index is 12.0. The minimum absolute atomic E-state index is 0.239. The van der Waals surface area contributed by atoms with Crippen molar-refractivity contribution in [3.8, 4) is 0 Å². The van der Waals surface area contributed by atoms with Gasteiger partial charge in [-0.25, -0.2) is 0 Å². The van der Waals surface area contributed by atoms with Gasteiger partial charge in [-0.15, -0.1) is 0 Å². The van der Waals surface area contributed by atoms with E-state index in [9.17, 15) is 9.59 Å². The summed E-state index contributed by atoms with van der Waals surface area (Å²) in [7, 11) is 0. The van der Waals surface area contributed by atoms with Crippen molar-refractivity contribution >= 4 is 23.4 Å². The van der Waals surface area contributed by atoms with Crippen LogP contribution >= 0.6 is 11.6 Å². The number of nitrogens with zero attached hydrogens (tertiary/aromatic N) is 1. The third-order valence-corrected chi connectivity index (χ3v) is 3.04. The standard InChI is InChI=1S/C14H16ClNO4/c1-10(15)20-9-8-19-7-6-16-13(17)11-4-2-3-5-12(11)14(16)18/h2-5,10H,6-9H2,1H3. The van der Waals surface area contributed by atoms with Crippen LogP contribution in [0.3, 0.4) is 0 Å². The molecule has 2 amide bonds. The van der Waals surface area contributed by atoms with Crippen molar-refractivity contribution in [2.75, 3.05) is 26.4 Å². The van der Waals surface area contributed by atoms with Crippen LogP contribution in [0.2, 0.25) is 0 Å². The molecular weight excluding hydrogens is 282 g/mol. The first kappa shape index (κ1) is 15.0. The van der Waals surface area contributed by atoms with E-state index in [1.165, 1.54) is 4.90 Å². The van der Waals surface area contributed by atoms with Crippen molar-refractivity contribution in [1.29, 1.82) is 0 Å². The lowest BCUT2D eigenvalue weighted by Crippen LogP contribution is -2.33. The number of rotatable bonds is 7. The van der Waals surface area contributed by atoms with Crippen LogP contribution in [0.4, 0.5) is 0 Å². The molecule has 20 heavy (non-hydrogen) atoms. The van der Waals surface area contributed by atoms with Crippen LogP contribution in [0.15, 0.2) is 24.3 Å². The smallest absolute Gasteiger partial charge is 0.261 e. The molecule has 0 fully saturated rings. The number of hydrogen-bond donors (Lipinski definition) is 0. The van der Waals surface area contributed by atoms with Gasteiger partial charge in [0.1, 0.15) is 5.56 Å². The lowest BCUT2D eigenvalue weighted by atomic mass is 10.1. The van der Waals surface area contributed by atoms with Crippen molar-refractivity contribution in [3.05, 3.63) is 35.4 Å². The number of alkyl halides is 1. The molecule has 0 aromatic heterocycles. The SMILES string of the molecule is CC(Cl)OCCOCCN1C(=O)c2ccccc2C1=O. The molecule has 0 saturated heterocycles. The Morgan fingerprint density at radius 1 is 1.10 bits per heavy atom. The predicted molar refractivity (Wildman–Crippen MR) is 73.9 cm³/mol. The molecule has 1 aromatic rings. The van der Waals surface area contributed by atoms with Crippen LogP contribution in [0.5, 0.6) is 0 Å². The molecule has 108 valence electrons. The molecule has 0 radical (unpaired) electrons. The number of hydrogen-bond acceptors (Lipinski definition) is 4. The Hall–Kier alpha value is -1.43. The summed E-state index contributed by atoms with van der Waals surface area (Å²) < 4.78 is 10.4. The molecule has 0 spiro atoms. The van der Waals surface area contributed by atoms with Gasteiger partial charge >= 0.3 is 0 Å². The lowest BCUT2D eigenvalue weighted by Gasteiger charge is -2.14. The number of halogens is 1. The van der Waals surface area contributed by atoms with Crippen LogP contribution in [0.1, 0.15) is 27.6 Å². The highest BCUT2D eigenvalue weighted by Gasteiger charge is 2.34. The highest BCUT2D eigenvalue weighted by molar-refractivity contribution is 6.21. The zero-order valence-corrected chi connectivity index (χ0v) is 11.9. The Balaban J connectivity index is 1.78. The molecule has 0 bridgehead atoms. The Morgan fingerprint density at radius 3 is 2.25 bits per heavy atom. The lowest BCUT2D eigenvalue weighted by molar-refractivity contribution is 0.0307. The van der Waals surface area contributed by atoms with Gasteiger partial charge in [-0.2, -0.15) is 0 Å². The maximum atomic E-state index is 12.0. The number of fused-ring (bicyclic) bond motifs is 1. The van der Waals surface area contributed by atoms with Crippen LogP contribution in [-0.2, 0) is 9.47 Å². The monoisotopic (exact) mass is 297 g/mol. The largest absolute Gasteiger partial charge is 0.377 e. The molecule has 1 aromatic carbocycles. The zero-order chi connectivity index (χ0) is 14.5. The van der Waals surface area contributed by atoms with Crippen molar-refractivity contribution in [2.24, 2.45) is 0 Å². The first-order valence-corrected chi connectivity index (χ1v) is 6.83. The number of imide groups is 1. The Labute approximate surface area is 122 Å². The third-order valence-electron chi connectivity index (χ3n) is 2.91. The molecule has 1 heterocycles. The topological polar surface area (TPSA) is 55.8 Å². The Kier molecular flexibility index (Phi) is 5.11. The quantitative estimate of drug-likeness (QED) is 0.438. The summed E-state index contributed by atoms with van der Waals surface area (Å²) in [6.45, 7) is 3.00. The minimum atomic E-state index is -0.352. The van der Waals surface area contributed by atoms with Crippen LogP contribution < -0.4 is 0 Å². The van der Waals surface area contributed by atoms with E-state index in [0.29, 0.717) is 24.3 Å².